The first-order valence-electron chi connectivity index (χ1n) is 2.93. The Kier molecular flexibility index (Phi) is 1.35. The minimum Gasteiger partial charge on any atom is -0.321 e. The van der Waals surface area contributed by atoms with Crippen molar-refractivity contribution < 1.29 is 4.79 Å². The summed E-state index contributed by atoms with van der Waals surface area (Å²) in [5, 5.41) is 2.56. The summed E-state index contributed by atoms with van der Waals surface area (Å²) in [7, 11) is 0. The molecule has 0 aromatic rings. The number of amides is 2. The lowest BCUT2D eigenvalue weighted by Gasteiger charge is -2.06. The fourth-order valence-electron chi connectivity index (χ4n) is 0.861. The number of aliphatic imine (C=N–C) groups is 3. The maximum atomic E-state index is 10.7. The van der Waals surface area contributed by atoms with Crippen LogP contribution in [0, 0.1) is 0 Å². The van der Waals surface area contributed by atoms with Gasteiger partial charge in [0.05, 0.1) is 0 Å². The average Bonchev–Trinajstić information content (AvgIpc) is 2.27. The summed E-state index contributed by atoms with van der Waals surface area (Å²) in [6.07, 6.45) is 1.58. The third-order valence-corrected chi connectivity index (χ3v) is 1.69. The minimum absolute atomic E-state index is 0.233. The molecule has 1 unspecified atom stereocenters. The topological polar surface area (TPSA) is 66.2 Å². The Morgan fingerprint density at radius 3 is 3.18 bits per heavy atom. The van der Waals surface area contributed by atoms with Gasteiger partial charge in [0.1, 0.15) is 6.04 Å². The van der Waals surface area contributed by atoms with Gasteiger partial charge < -0.3 is 5.32 Å². The van der Waals surface area contributed by atoms with Gasteiger partial charge in [0.15, 0.2) is 10.6 Å². The molecule has 2 heterocycles. The highest BCUT2D eigenvalue weighted by Gasteiger charge is 2.26. The zero-order valence-corrected chi connectivity index (χ0v) is 6.87. The molecule has 2 aliphatic rings. The van der Waals surface area contributed by atoms with E-state index in [1.807, 2.05) is 0 Å². The zero-order valence-electron chi connectivity index (χ0n) is 5.28. The van der Waals surface area contributed by atoms with Crippen LogP contribution in [0.1, 0.15) is 0 Å². The normalized spacial score (nSPS) is 27.4. The van der Waals surface area contributed by atoms with Gasteiger partial charge in [0, 0.05) is 6.21 Å². The number of rotatable bonds is 0. The van der Waals surface area contributed by atoms with Crippen molar-refractivity contribution in [2.24, 2.45) is 15.0 Å². The molecular formula is C5H3BrN4O. The third kappa shape index (κ3) is 1.09. The van der Waals surface area contributed by atoms with Gasteiger partial charge in [-0.25, -0.2) is 14.8 Å². The Morgan fingerprint density at radius 1 is 1.55 bits per heavy atom. The van der Waals surface area contributed by atoms with Crippen LogP contribution < -0.4 is 5.32 Å². The van der Waals surface area contributed by atoms with E-state index in [9.17, 15) is 4.79 Å². The standard InChI is InChI=1S/C5H3BrN4O/c6-4-7-1-2-3(9-4)10-5(11)8-2/h1-2H,(H,8,11). The number of amidine groups is 2. The van der Waals surface area contributed by atoms with Crippen LogP contribution in [0.3, 0.4) is 0 Å². The van der Waals surface area contributed by atoms with E-state index in [0.29, 0.717) is 10.6 Å². The summed E-state index contributed by atoms with van der Waals surface area (Å²) in [6, 6.07) is -0.591. The fraction of sp³-hybridized carbons (Fsp3) is 0.200. The summed E-state index contributed by atoms with van der Waals surface area (Å²) in [6.45, 7) is 0. The number of urea groups is 1. The van der Waals surface area contributed by atoms with E-state index in [1.54, 1.807) is 6.21 Å². The second-order valence-electron chi connectivity index (χ2n) is 2.06. The smallest absolute Gasteiger partial charge is 0.321 e. The number of carbonyl (C=O) groups is 1. The quantitative estimate of drug-likeness (QED) is 0.580. The maximum absolute atomic E-state index is 10.7. The predicted molar refractivity (Wildman–Crippen MR) is 44.6 cm³/mol. The lowest BCUT2D eigenvalue weighted by atomic mass is 10.3. The molecule has 5 nitrogen and oxygen atoms in total. The lowest BCUT2D eigenvalue weighted by Crippen LogP contribution is -2.34. The molecular weight excluding hydrogens is 212 g/mol. The first kappa shape index (κ1) is 6.66. The summed E-state index contributed by atoms with van der Waals surface area (Å²) in [5.74, 6) is 0.469. The van der Waals surface area contributed by atoms with Gasteiger partial charge in [-0.3, -0.25) is 0 Å². The molecule has 6 heteroatoms. The average molecular weight is 215 g/mol. The Labute approximate surface area is 70.5 Å². The van der Waals surface area contributed by atoms with E-state index in [1.165, 1.54) is 0 Å². The number of hydrogen-bond acceptors (Lipinski definition) is 3. The lowest BCUT2D eigenvalue weighted by molar-refractivity contribution is 0.251. The second kappa shape index (κ2) is 2.23. The van der Waals surface area contributed by atoms with Crippen molar-refractivity contribution in [1.82, 2.24) is 5.32 Å². The monoisotopic (exact) mass is 214 g/mol. The van der Waals surface area contributed by atoms with E-state index in [-0.39, 0.29) is 12.1 Å². The van der Waals surface area contributed by atoms with Gasteiger partial charge in [0.25, 0.3) is 0 Å². The van der Waals surface area contributed by atoms with Crippen molar-refractivity contribution in [1.29, 1.82) is 0 Å². The van der Waals surface area contributed by atoms with Gasteiger partial charge in [-0.1, -0.05) is 0 Å². The van der Waals surface area contributed by atoms with Gasteiger partial charge in [0.2, 0.25) is 0 Å². The molecule has 56 valence electrons. The molecule has 0 spiro atoms. The van der Waals surface area contributed by atoms with Crippen LogP contribution in [0.25, 0.3) is 0 Å². The molecule has 0 saturated heterocycles. The van der Waals surface area contributed by atoms with Crippen LogP contribution in [0.2, 0.25) is 0 Å². The molecule has 2 amide bonds. The minimum atomic E-state index is -0.359. The second-order valence-corrected chi connectivity index (χ2v) is 2.77. The van der Waals surface area contributed by atoms with Crippen LogP contribution >= 0.6 is 15.9 Å². The first-order chi connectivity index (χ1) is 5.25. The highest BCUT2D eigenvalue weighted by Crippen LogP contribution is 2.07. The molecule has 2 rings (SSSR count). The molecule has 0 aromatic heterocycles. The summed E-state index contributed by atoms with van der Waals surface area (Å²) < 4.78 is 0.448. The number of nitrogens with one attached hydrogen (secondary N) is 1. The molecule has 0 fully saturated rings. The maximum Gasteiger partial charge on any atom is 0.343 e. The van der Waals surface area contributed by atoms with Gasteiger partial charge in [-0.15, -0.1) is 0 Å². The van der Waals surface area contributed by atoms with Crippen molar-refractivity contribution in [3.8, 4) is 0 Å². The van der Waals surface area contributed by atoms with Crippen LogP contribution in [-0.4, -0.2) is 28.9 Å². The Hall–Kier alpha value is -1.04. The zero-order chi connectivity index (χ0) is 7.84. The first-order valence-corrected chi connectivity index (χ1v) is 3.72. The third-order valence-electron chi connectivity index (χ3n) is 1.31. The summed E-state index contributed by atoms with van der Waals surface area (Å²) in [4.78, 5) is 22.0. The molecule has 11 heavy (non-hydrogen) atoms. The molecule has 1 atom stereocenters. The van der Waals surface area contributed by atoms with E-state index in [2.05, 4.69) is 36.2 Å². The van der Waals surface area contributed by atoms with Crippen molar-refractivity contribution in [2.45, 2.75) is 6.04 Å². The predicted octanol–water partition coefficient (Wildman–Crippen LogP) is 0.312. The largest absolute Gasteiger partial charge is 0.343 e. The molecule has 0 aromatic carbocycles. The molecule has 0 radical (unpaired) electrons. The Bertz CT molecular complexity index is 303. The molecule has 0 bridgehead atoms. The molecule has 0 saturated carbocycles. The SMILES string of the molecule is O=C1N=C2N=C(Br)N=CC2N1. The van der Waals surface area contributed by atoms with E-state index < -0.39 is 0 Å². The van der Waals surface area contributed by atoms with Gasteiger partial charge in [-0.05, 0) is 15.9 Å². The molecule has 0 aliphatic carbocycles. The molecule has 2 aliphatic heterocycles. The number of carbonyl (C=O) groups excluding carboxylic acids is 1. The van der Waals surface area contributed by atoms with Crippen molar-refractivity contribution >= 4 is 38.8 Å². The van der Waals surface area contributed by atoms with Gasteiger partial charge >= 0.3 is 6.03 Å². The Balaban J connectivity index is 2.38. The van der Waals surface area contributed by atoms with E-state index in [0.717, 1.165) is 0 Å². The Morgan fingerprint density at radius 2 is 2.36 bits per heavy atom. The van der Waals surface area contributed by atoms with Crippen molar-refractivity contribution in [3.05, 3.63) is 0 Å². The highest BCUT2D eigenvalue weighted by atomic mass is 79.9. The van der Waals surface area contributed by atoms with Crippen molar-refractivity contribution in [3.63, 3.8) is 0 Å². The number of fused-ring (bicyclic) bond motifs is 1. The summed E-state index contributed by atoms with van der Waals surface area (Å²) in [5.41, 5.74) is 0. The van der Waals surface area contributed by atoms with E-state index in [4.69, 9.17) is 0 Å². The van der Waals surface area contributed by atoms with Crippen LogP contribution in [-0.2, 0) is 0 Å². The summed E-state index contributed by atoms with van der Waals surface area (Å²) >= 11 is 3.08. The van der Waals surface area contributed by atoms with Crippen molar-refractivity contribution in [2.75, 3.05) is 0 Å². The number of nitrogens with zero attached hydrogens (tertiary/aromatic N) is 3. The van der Waals surface area contributed by atoms with Crippen LogP contribution in [0.15, 0.2) is 15.0 Å². The number of hydrogen-bond donors (Lipinski definition) is 1. The molecule has 1 N–H and O–H groups in total. The fourth-order valence-corrected chi connectivity index (χ4v) is 1.16. The number of halogens is 1. The van der Waals surface area contributed by atoms with Gasteiger partial charge in [-0.2, -0.15) is 4.99 Å². The highest BCUT2D eigenvalue weighted by molar-refractivity contribution is 9.18. The van der Waals surface area contributed by atoms with Crippen LogP contribution in [0.4, 0.5) is 4.79 Å². The van der Waals surface area contributed by atoms with E-state index >= 15 is 0 Å². The van der Waals surface area contributed by atoms with Crippen LogP contribution in [0.5, 0.6) is 0 Å².